The largest absolute Gasteiger partial charge is 0.392 e. The zero-order chi connectivity index (χ0) is 32.7. The Bertz CT molecular complexity index is 1980. The quantitative estimate of drug-likeness (QED) is 0.222. The third kappa shape index (κ3) is 5.88. The van der Waals surface area contributed by atoms with Crippen LogP contribution in [0.4, 0.5) is 14.6 Å². The van der Waals surface area contributed by atoms with E-state index < -0.39 is 11.9 Å². The van der Waals surface area contributed by atoms with E-state index in [2.05, 4.69) is 14.9 Å². The number of amides is 1. The Morgan fingerprint density at radius 1 is 0.851 bits per heavy atom. The standard InChI is InChI=1S/C23H20ClFN6O.C12H10FNO/c1-29-22(32)19-20(24)30(28-21(19)31-17-6-2-5-16(17)27-23(29)31)12-13-8-10-14(11-9-13)15-4-3-7-18(25)26-15;13-12-3-1-2-11(14-12)10-6-4-9(8-15)5-7-10/h3-4,7-11,16-17H,2,5-6,12H2,1H3;1-7,15H,8H2/t16-,17+;/m1./s1. The average molecular weight is 654 g/mol. The lowest BCUT2D eigenvalue weighted by molar-refractivity contribution is 0.0865. The van der Waals surface area contributed by atoms with Crippen LogP contribution in [-0.4, -0.2) is 60.8 Å². The maximum Gasteiger partial charge on any atom is 0.267 e. The zero-order valence-electron chi connectivity index (χ0n) is 25.4. The third-order valence-corrected chi connectivity index (χ3v) is 9.02. The molecular weight excluding hydrogens is 624 g/mol. The monoisotopic (exact) mass is 653 g/mol. The van der Waals surface area contributed by atoms with Gasteiger partial charge in [0.1, 0.15) is 10.7 Å². The van der Waals surface area contributed by atoms with E-state index in [1.807, 2.05) is 36.4 Å². The Labute approximate surface area is 274 Å². The molecule has 0 bridgehead atoms. The van der Waals surface area contributed by atoms with E-state index >= 15 is 0 Å². The van der Waals surface area contributed by atoms with E-state index in [9.17, 15) is 13.6 Å². The number of aliphatic hydroxyl groups excluding tert-OH is 1. The van der Waals surface area contributed by atoms with Crippen molar-refractivity contribution in [1.82, 2.24) is 24.6 Å². The van der Waals surface area contributed by atoms with Crippen molar-refractivity contribution in [1.29, 1.82) is 0 Å². The minimum absolute atomic E-state index is 0.0108. The van der Waals surface area contributed by atoms with Crippen molar-refractivity contribution >= 4 is 29.3 Å². The average Bonchev–Trinajstić information content (AvgIpc) is 3.78. The van der Waals surface area contributed by atoms with Gasteiger partial charge in [-0.25, -0.2) is 19.6 Å². The highest BCUT2D eigenvalue weighted by molar-refractivity contribution is 6.35. The number of carbonyl (C=O) groups excluding carboxylic acids is 1. The Morgan fingerprint density at radius 2 is 1.45 bits per heavy atom. The van der Waals surface area contributed by atoms with Crippen molar-refractivity contribution in [2.24, 2.45) is 4.99 Å². The van der Waals surface area contributed by atoms with Gasteiger partial charge < -0.3 is 5.11 Å². The number of hydrogen-bond donors (Lipinski definition) is 1. The molecule has 5 heterocycles. The number of halogens is 3. The minimum atomic E-state index is -0.510. The normalized spacial score (nSPS) is 17.9. The Morgan fingerprint density at radius 3 is 2.02 bits per heavy atom. The molecule has 0 radical (unpaired) electrons. The third-order valence-electron chi connectivity index (χ3n) is 8.64. The summed E-state index contributed by atoms with van der Waals surface area (Å²) in [6.07, 6.45) is 3.18. The van der Waals surface area contributed by atoms with Crippen molar-refractivity contribution < 1.29 is 18.7 Å². The summed E-state index contributed by atoms with van der Waals surface area (Å²) in [6, 6.07) is 24.7. The number of rotatable bonds is 5. The van der Waals surface area contributed by atoms with E-state index in [4.69, 9.17) is 26.8 Å². The highest BCUT2D eigenvalue weighted by Gasteiger charge is 2.49. The van der Waals surface area contributed by atoms with Crippen LogP contribution in [0.1, 0.15) is 40.7 Å². The Hall–Kier alpha value is -5.00. The summed E-state index contributed by atoms with van der Waals surface area (Å²) in [5.74, 6) is 0.0965. The minimum Gasteiger partial charge on any atom is -0.392 e. The first kappa shape index (κ1) is 30.6. The van der Waals surface area contributed by atoms with Crippen LogP contribution in [0.25, 0.3) is 22.5 Å². The van der Waals surface area contributed by atoms with Gasteiger partial charge in [-0.15, -0.1) is 0 Å². The summed E-state index contributed by atoms with van der Waals surface area (Å²) < 4.78 is 27.9. The van der Waals surface area contributed by atoms with Crippen molar-refractivity contribution in [3.63, 3.8) is 0 Å². The maximum absolute atomic E-state index is 13.4. The number of aliphatic imine (C=N–C) groups is 1. The molecule has 1 fully saturated rings. The zero-order valence-corrected chi connectivity index (χ0v) is 26.1. The summed E-state index contributed by atoms with van der Waals surface area (Å²) in [4.78, 5) is 29.2. The van der Waals surface area contributed by atoms with Gasteiger partial charge >= 0.3 is 0 Å². The molecule has 1 aliphatic carbocycles. The van der Waals surface area contributed by atoms with Gasteiger partial charge in [0, 0.05) is 18.2 Å². The molecule has 12 heteroatoms. The molecular formula is C35H30ClF2N7O2. The van der Waals surface area contributed by atoms with Gasteiger partial charge in [0.25, 0.3) is 5.91 Å². The van der Waals surface area contributed by atoms with Crippen LogP contribution in [0.2, 0.25) is 5.15 Å². The molecule has 0 saturated heterocycles. The van der Waals surface area contributed by atoms with Crippen LogP contribution in [0.3, 0.4) is 0 Å². The van der Waals surface area contributed by atoms with Crippen LogP contribution >= 0.6 is 11.6 Å². The predicted molar refractivity (Wildman–Crippen MR) is 175 cm³/mol. The second kappa shape index (κ2) is 12.7. The van der Waals surface area contributed by atoms with Crippen molar-refractivity contribution in [3.05, 3.63) is 119 Å². The number of aliphatic hydroxyl groups is 1. The number of benzene rings is 2. The SMILES string of the molecule is CN1C(=O)c2c(nn(Cc3ccc(-c4cccc(F)n4)cc3)c2Cl)N2C1=N[C@@H]1CCC[C@@H]12.OCc1ccc(-c2cccc(F)n2)cc1. The Kier molecular flexibility index (Phi) is 8.25. The summed E-state index contributed by atoms with van der Waals surface area (Å²) in [7, 11) is 1.74. The van der Waals surface area contributed by atoms with E-state index in [-0.39, 0.29) is 24.6 Å². The van der Waals surface area contributed by atoms with Crippen LogP contribution in [0.15, 0.2) is 89.9 Å². The fourth-order valence-electron chi connectivity index (χ4n) is 6.25. The predicted octanol–water partition coefficient (Wildman–Crippen LogP) is 6.35. The van der Waals surface area contributed by atoms with Gasteiger partial charge in [0.05, 0.1) is 36.6 Å². The highest BCUT2D eigenvalue weighted by Crippen LogP contribution is 2.42. The van der Waals surface area contributed by atoms with E-state index in [1.54, 1.807) is 53.0 Å². The highest BCUT2D eigenvalue weighted by atomic mass is 35.5. The van der Waals surface area contributed by atoms with Gasteiger partial charge in [-0.3, -0.25) is 14.6 Å². The number of anilines is 1. The van der Waals surface area contributed by atoms with Crippen molar-refractivity contribution in [2.45, 2.75) is 44.5 Å². The molecule has 1 N–H and O–H groups in total. The number of guanidine groups is 1. The van der Waals surface area contributed by atoms with E-state index in [0.29, 0.717) is 40.4 Å². The number of pyridine rings is 2. The number of aromatic nitrogens is 4. The maximum atomic E-state index is 13.4. The van der Waals surface area contributed by atoms with Crippen LogP contribution < -0.4 is 4.90 Å². The lowest BCUT2D eigenvalue weighted by atomic mass is 10.1. The number of nitrogens with zero attached hydrogens (tertiary/aromatic N) is 7. The molecule has 2 atom stereocenters. The number of carbonyl (C=O) groups is 1. The second-order valence-corrected chi connectivity index (χ2v) is 12.0. The number of fused-ring (bicyclic) bond motifs is 5. The summed E-state index contributed by atoms with van der Waals surface area (Å²) >= 11 is 6.67. The van der Waals surface area contributed by atoms with Gasteiger partial charge in [0.2, 0.25) is 17.9 Å². The van der Waals surface area contributed by atoms with Gasteiger partial charge in [-0.05, 0) is 54.7 Å². The topological polar surface area (TPSA) is 99.7 Å². The van der Waals surface area contributed by atoms with E-state index in [0.717, 1.165) is 41.5 Å². The molecule has 2 aliphatic heterocycles. The van der Waals surface area contributed by atoms with Gasteiger partial charge in [0.15, 0.2) is 5.82 Å². The first-order valence-electron chi connectivity index (χ1n) is 15.3. The molecule has 9 nitrogen and oxygen atoms in total. The first-order chi connectivity index (χ1) is 22.8. The molecule has 1 saturated carbocycles. The Balaban J connectivity index is 0.000000197. The van der Waals surface area contributed by atoms with E-state index in [1.165, 1.54) is 12.1 Å². The molecule has 2 aromatic carbocycles. The van der Waals surface area contributed by atoms with Crippen LogP contribution in [0.5, 0.6) is 0 Å². The summed E-state index contributed by atoms with van der Waals surface area (Å²) in [6.45, 7) is 0.422. The fraction of sp³-hybridized carbons (Fsp3) is 0.229. The molecule has 5 aromatic rings. The molecule has 238 valence electrons. The number of hydrogen-bond acceptors (Lipinski definition) is 7. The molecule has 3 aromatic heterocycles. The van der Waals surface area contributed by atoms with Crippen molar-refractivity contribution in [3.8, 4) is 22.5 Å². The smallest absolute Gasteiger partial charge is 0.267 e. The molecule has 47 heavy (non-hydrogen) atoms. The summed E-state index contributed by atoms with van der Waals surface area (Å²) in [5.41, 5.74) is 5.05. The van der Waals surface area contributed by atoms with Crippen LogP contribution in [0, 0.1) is 11.9 Å². The molecule has 0 spiro atoms. The molecule has 1 amide bonds. The molecule has 3 aliphatic rings. The molecule has 0 unspecified atom stereocenters. The lowest BCUT2D eigenvalue weighted by Gasteiger charge is -2.33. The second-order valence-electron chi connectivity index (χ2n) is 11.6. The summed E-state index contributed by atoms with van der Waals surface area (Å²) in [5, 5.41) is 13.9. The van der Waals surface area contributed by atoms with Gasteiger partial charge in [-0.1, -0.05) is 72.3 Å². The van der Waals surface area contributed by atoms with Crippen molar-refractivity contribution in [2.75, 3.05) is 11.9 Å². The fourth-order valence-corrected chi connectivity index (χ4v) is 6.51. The molecule has 8 rings (SSSR count). The lowest BCUT2D eigenvalue weighted by Crippen LogP contribution is -2.51. The van der Waals surface area contributed by atoms with Gasteiger partial charge in [-0.2, -0.15) is 13.9 Å². The first-order valence-corrected chi connectivity index (χ1v) is 15.6. The van der Waals surface area contributed by atoms with Crippen LogP contribution in [-0.2, 0) is 13.2 Å².